The molecule has 5 nitrogen and oxygen atoms in total. The van der Waals surface area contributed by atoms with Gasteiger partial charge in [0.15, 0.2) is 0 Å². The highest BCUT2D eigenvalue weighted by molar-refractivity contribution is 7.89. The predicted octanol–water partition coefficient (Wildman–Crippen LogP) is 0.0878. The number of alkyl halides is 2. The maximum Gasteiger partial charge on any atom is 0.350 e. The summed E-state index contributed by atoms with van der Waals surface area (Å²) in [5.74, 6) is -4.94. The topological polar surface area (TPSA) is 74.7 Å². The van der Waals surface area contributed by atoms with Gasteiger partial charge in [0.05, 0.1) is 0 Å². The monoisotopic (exact) mass is 229 g/mol. The van der Waals surface area contributed by atoms with Gasteiger partial charge in [-0.05, 0) is 12.8 Å². The van der Waals surface area contributed by atoms with Gasteiger partial charge in [-0.15, -0.1) is 0 Å². The van der Waals surface area contributed by atoms with E-state index in [2.05, 4.69) is 0 Å². The van der Waals surface area contributed by atoms with Crippen LogP contribution in [0.2, 0.25) is 0 Å². The molecule has 8 heteroatoms. The molecular weight excluding hydrogens is 220 g/mol. The lowest BCUT2D eigenvalue weighted by Gasteiger charge is -2.19. The van der Waals surface area contributed by atoms with E-state index in [9.17, 15) is 22.0 Å². The van der Waals surface area contributed by atoms with E-state index in [1.807, 2.05) is 0 Å². The highest BCUT2D eigenvalue weighted by atomic mass is 32.2. The van der Waals surface area contributed by atoms with Crippen molar-refractivity contribution < 1.29 is 27.1 Å². The third kappa shape index (κ3) is 1.85. The van der Waals surface area contributed by atoms with Gasteiger partial charge in [0.25, 0.3) is 10.0 Å². The summed E-state index contributed by atoms with van der Waals surface area (Å²) >= 11 is 0. The third-order valence-corrected chi connectivity index (χ3v) is 3.58. The molecule has 1 unspecified atom stereocenters. The van der Waals surface area contributed by atoms with E-state index in [4.69, 9.17) is 5.11 Å². The second-order valence-corrected chi connectivity index (χ2v) is 4.77. The number of carboxylic acid groups (broad SMARTS) is 1. The Hall–Kier alpha value is -0.760. The first-order valence-electron chi connectivity index (χ1n) is 3.89. The van der Waals surface area contributed by atoms with Crippen molar-refractivity contribution in [3.63, 3.8) is 0 Å². The fourth-order valence-electron chi connectivity index (χ4n) is 1.39. The zero-order valence-electron chi connectivity index (χ0n) is 7.06. The normalized spacial score (nSPS) is 24.4. The lowest BCUT2D eigenvalue weighted by molar-refractivity contribution is -0.140. The van der Waals surface area contributed by atoms with E-state index >= 15 is 0 Å². The second kappa shape index (κ2) is 3.77. The molecule has 0 saturated carbocycles. The van der Waals surface area contributed by atoms with Crippen LogP contribution in [0.5, 0.6) is 0 Å². The summed E-state index contributed by atoms with van der Waals surface area (Å²) in [4.78, 5) is 10.5. The van der Waals surface area contributed by atoms with E-state index in [-0.39, 0.29) is 13.0 Å². The maximum atomic E-state index is 12.1. The molecule has 0 aromatic heterocycles. The molecule has 1 atom stereocenters. The first kappa shape index (κ1) is 11.3. The number of hydrogen-bond donors (Lipinski definition) is 1. The Bertz CT molecular complexity index is 329. The van der Waals surface area contributed by atoms with Crippen molar-refractivity contribution >= 4 is 16.0 Å². The molecule has 1 fully saturated rings. The molecule has 1 aliphatic heterocycles. The molecule has 1 heterocycles. The second-order valence-electron chi connectivity index (χ2n) is 2.91. The van der Waals surface area contributed by atoms with Crippen LogP contribution in [-0.4, -0.2) is 42.1 Å². The average Bonchev–Trinajstić information content (AvgIpc) is 2.51. The highest BCUT2D eigenvalue weighted by Crippen LogP contribution is 2.24. The smallest absolute Gasteiger partial charge is 0.350 e. The molecule has 0 aromatic carbocycles. The molecule has 1 rings (SSSR count). The molecule has 14 heavy (non-hydrogen) atoms. The van der Waals surface area contributed by atoms with E-state index in [0.29, 0.717) is 10.7 Å². The Kier molecular flexibility index (Phi) is 3.05. The van der Waals surface area contributed by atoms with Gasteiger partial charge < -0.3 is 5.11 Å². The Balaban J connectivity index is 2.93. The number of carbonyl (C=O) groups is 1. The minimum atomic E-state index is -4.75. The number of sulfonamides is 1. The lowest BCUT2D eigenvalue weighted by atomic mass is 10.2. The first-order valence-corrected chi connectivity index (χ1v) is 5.39. The summed E-state index contributed by atoms with van der Waals surface area (Å²) in [7, 11) is -4.75. The lowest BCUT2D eigenvalue weighted by Crippen LogP contribution is -2.42. The molecule has 1 saturated heterocycles. The van der Waals surface area contributed by atoms with Gasteiger partial charge in [0, 0.05) is 6.54 Å². The van der Waals surface area contributed by atoms with Crippen molar-refractivity contribution in [2.75, 3.05) is 6.54 Å². The van der Waals surface area contributed by atoms with Gasteiger partial charge in [-0.3, -0.25) is 4.79 Å². The summed E-state index contributed by atoms with van der Waals surface area (Å²) in [5, 5.41) is 8.58. The molecule has 0 amide bonds. The van der Waals surface area contributed by atoms with Gasteiger partial charge in [0.1, 0.15) is 6.04 Å². The molecule has 0 aromatic rings. The van der Waals surface area contributed by atoms with Crippen LogP contribution in [0, 0.1) is 0 Å². The Morgan fingerprint density at radius 2 is 2.07 bits per heavy atom. The van der Waals surface area contributed by atoms with E-state index < -0.39 is 27.8 Å². The highest BCUT2D eigenvalue weighted by Gasteiger charge is 2.42. The van der Waals surface area contributed by atoms with Gasteiger partial charge in [0.2, 0.25) is 0 Å². The number of hydrogen-bond acceptors (Lipinski definition) is 3. The van der Waals surface area contributed by atoms with Gasteiger partial charge in [-0.2, -0.15) is 13.1 Å². The number of halogens is 2. The van der Waals surface area contributed by atoms with E-state index in [1.54, 1.807) is 0 Å². The van der Waals surface area contributed by atoms with Crippen LogP contribution in [0.25, 0.3) is 0 Å². The summed E-state index contributed by atoms with van der Waals surface area (Å²) in [5.41, 5.74) is 0. The minimum Gasteiger partial charge on any atom is -0.480 e. The molecule has 0 radical (unpaired) electrons. The number of rotatable bonds is 3. The van der Waals surface area contributed by atoms with Crippen molar-refractivity contribution in [3.05, 3.63) is 0 Å². The van der Waals surface area contributed by atoms with Crippen LogP contribution in [0.15, 0.2) is 0 Å². The van der Waals surface area contributed by atoms with Gasteiger partial charge in [-0.25, -0.2) is 8.42 Å². The van der Waals surface area contributed by atoms with E-state index in [0.717, 1.165) is 0 Å². The number of nitrogens with zero attached hydrogens (tertiary/aromatic N) is 1. The fraction of sp³-hybridized carbons (Fsp3) is 0.833. The molecule has 0 aliphatic carbocycles. The molecule has 82 valence electrons. The largest absolute Gasteiger partial charge is 0.480 e. The zero-order chi connectivity index (χ0) is 10.9. The van der Waals surface area contributed by atoms with Crippen LogP contribution in [0.4, 0.5) is 8.78 Å². The number of aliphatic carboxylic acids is 1. The van der Waals surface area contributed by atoms with Crippen LogP contribution < -0.4 is 0 Å². The molecule has 0 bridgehead atoms. The predicted molar refractivity (Wildman–Crippen MR) is 42.3 cm³/mol. The number of carboxylic acids is 1. The first-order chi connectivity index (χ1) is 6.37. The van der Waals surface area contributed by atoms with Gasteiger partial charge in [-0.1, -0.05) is 0 Å². The van der Waals surface area contributed by atoms with Crippen molar-refractivity contribution in [1.29, 1.82) is 0 Å². The van der Waals surface area contributed by atoms with Crippen LogP contribution in [0.3, 0.4) is 0 Å². The minimum absolute atomic E-state index is 0.0846. The standard InChI is InChI=1S/C6H9F2NO4S/c7-6(8)14(12,13)9-3-1-2-4(9)5(10)11/h4,6H,1-3H2,(H,10,11). The molecular formula is C6H9F2NO4S. The van der Waals surface area contributed by atoms with Crippen LogP contribution in [0.1, 0.15) is 12.8 Å². The molecule has 0 spiro atoms. The van der Waals surface area contributed by atoms with Gasteiger partial charge >= 0.3 is 11.7 Å². The Morgan fingerprint density at radius 3 is 2.50 bits per heavy atom. The Labute approximate surface area is 79.4 Å². The third-order valence-electron chi connectivity index (χ3n) is 2.04. The average molecular weight is 229 g/mol. The molecule has 1 N–H and O–H groups in total. The summed E-state index contributed by atoms with van der Waals surface area (Å²) in [6.45, 7) is -0.149. The SMILES string of the molecule is O=C(O)C1CCCN1S(=O)(=O)C(F)F. The quantitative estimate of drug-likeness (QED) is 0.744. The van der Waals surface area contributed by atoms with Crippen LogP contribution in [-0.2, 0) is 14.8 Å². The summed E-state index contributed by atoms with van der Waals surface area (Å²) in [6, 6.07) is -1.34. The summed E-state index contributed by atoms with van der Waals surface area (Å²) < 4.78 is 46.4. The van der Waals surface area contributed by atoms with Crippen molar-refractivity contribution in [3.8, 4) is 0 Å². The van der Waals surface area contributed by atoms with E-state index in [1.165, 1.54) is 0 Å². The Morgan fingerprint density at radius 1 is 1.50 bits per heavy atom. The molecule has 1 aliphatic rings. The van der Waals surface area contributed by atoms with Crippen molar-refractivity contribution in [1.82, 2.24) is 4.31 Å². The summed E-state index contributed by atoms with van der Waals surface area (Å²) in [6.07, 6.45) is 0.379. The fourth-order valence-corrected chi connectivity index (χ4v) is 2.53. The van der Waals surface area contributed by atoms with Crippen molar-refractivity contribution in [2.45, 2.75) is 24.6 Å². The van der Waals surface area contributed by atoms with Crippen LogP contribution >= 0.6 is 0 Å². The van der Waals surface area contributed by atoms with Crippen molar-refractivity contribution in [2.24, 2.45) is 0 Å². The zero-order valence-corrected chi connectivity index (χ0v) is 7.88. The maximum absolute atomic E-state index is 12.1.